The topological polar surface area (TPSA) is 196 Å². The van der Waals surface area contributed by atoms with E-state index in [1.54, 1.807) is 18.2 Å². The largest absolute Gasteiger partial charge is 0.486 e. The van der Waals surface area contributed by atoms with Crippen molar-refractivity contribution >= 4 is 29.4 Å². The smallest absolute Gasteiger partial charge is 0.272 e. The fourth-order valence-electron chi connectivity index (χ4n) is 5.75. The number of amides is 1. The highest BCUT2D eigenvalue weighted by Crippen LogP contribution is 2.29. The van der Waals surface area contributed by atoms with Gasteiger partial charge < -0.3 is 41.5 Å². The molecule has 0 spiro atoms. The Morgan fingerprint density at radius 1 is 1.11 bits per heavy atom. The Balaban J connectivity index is 1.07. The van der Waals surface area contributed by atoms with E-state index in [0.29, 0.717) is 23.4 Å². The minimum absolute atomic E-state index is 0.173. The highest BCUT2D eigenvalue weighted by molar-refractivity contribution is 5.98. The van der Waals surface area contributed by atoms with Crippen molar-refractivity contribution < 1.29 is 18.7 Å². The molecule has 0 aliphatic carbocycles. The average molecular weight is 642 g/mol. The number of nitriles is 1. The van der Waals surface area contributed by atoms with E-state index >= 15 is 4.39 Å². The van der Waals surface area contributed by atoms with Crippen molar-refractivity contribution in [2.75, 3.05) is 62.7 Å². The van der Waals surface area contributed by atoms with E-state index < -0.39 is 18.2 Å². The van der Waals surface area contributed by atoms with Gasteiger partial charge >= 0.3 is 0 Å². The first-order valence-electron chi connectivity index (χ1n) is 15.4. The lowest BCUT2D eigenvalue weighted by molar-refractivity contribution is -0.131. The van der Waals surface area contributed by atoms with Crippen molar-refractivity contribution in [1.29, 1.82) is 10.7 Å². The van der Waals surface area contributed by atoms with Crippen LogP contribution in [0.1, 0.15) is 12.0 Å². The number of nitrogens with two attached hydrogens (primary N) is 2. The third-order valence-electron chi connectivity index (χ3n) is 8.61. The van der Waals surface area contributed by atoms with E-state index in [1.165, 1.54) is 11.2 Å². The normalized spacial score (nSPS) is 20.9. The lowest BCUT2D eigenvalue weighted by atomic mass is 10.0. The van der Waals surface area contributed by atoms with Gasteiger partial charge in [0.05, 0.1) is 37.1 Å². The van der Waals surface area contributed by atoms with Gasteiger partial charge in [-0.2, -0.15) is 10.2 Å². The molecule has 47 heavy (non-hydrogen) atoms. The molecule has 14 nitrogen and oxygen atoms in total. The van der Waals surface area contributed by atoms with Gasteiger partial charge in [0.1, 0.15) is 29.9 Å². The molecule has 244 valence electrons. The predicted molar refractivity (Wildman–Crippen MR) is 173 cm³/mol. The summed E-state index contributed by atoms with van der Waals surface area (Å²) < 4.78 is 26.3. The number of halogens is 1. The lowest BCUT2D eigenvalue weighted by Gasteiger charge is -2.43. The molecule has 4 heterocycles. The minimum Gasteiger partial charge on any atom is -0.486 e. The molecule has 0 radical (unpaired) electrons. The molecule has 3 aromatic rings. The highest BCUT2D eigenvalue weighted by Gasteiger charge is 2.34. The molecule has 15 heteroatoms. The van der Waals surface area contributed by atoms with Gasteiger partial charge in [0.15, 0.2) is 12.0 Å². The summed E-state index contributed by atoms with van der Waals surface area (Å²) in [5, 5.41) is 20.2. The van der Waals surface area contributed by atoms with Gasteiger partial charge in [-0.15, -0.1) is 0 Å². The van der Waals surface area contributed by atoms with Crippen LogP contribution in [-0.2, 0) is 9.53 Å². The zero-order chi connectivity index (χ0) is 32.9. The van der Waals surface area contributed by atoms with E-state index in [1.807, 2.05) is 12.1 Å². The molecule has 2 unspecified atom stereocenters. The summed E-state index contributed by atoms with van der Waals surface area (Å²) in [6.07, 6.45) is -0.0764. The summed E-state index contributed by atoms with van der Waals surface area (Å²) in [7, 11) is 0. The first-order valence-corrected chi connectivity index (χ1v) is 15.4. The molecule has 0 saturated carbocycles. The van der Waals surface area contributed by atoms with E-state index in [0.717, 1.165) is 57.0 Å². The Morgan fingerprint density at radius 2 is 1.87 bits per heavy atom. The first-order chi connectivity index (χ1) is 22.8. The lowest BCUT2D eigenvalue weighted by Crippen LogP contribution is -2.56. The van der Waals surface area contributed by atoms with Crippen LogP contribution >= 0.6 is 0 Å². The monoisotopic (exact) mass is 641 g/mol. The standard InChI is InChI=1S/C32H36FN11O3/c33-25-16-44(31(45)29(37)26(36)15-35)8-7-28(25)47-27-6-1-20(13-21(27)14-34)30-38-19-39-32(41-30)40-22-2-4-23(5-3-22)42-9-11-43(12-10-42)24-17-46-18-24/h1-6,13,15,19,24-25,28,35H,7-12,16-18,36-37H2,(H,38,39,40,41)/b29-26+,35-15?. The van der Waals surface area contributed by atoms with E-state index in [-0.39, 0.29) is 42.2 Å². The molecule has 0 bridgehead atoms. The number of benzene rings is 2. The van der Waals surface area contributed by atoms with Gasteiger partial charge in [-0.05, 0) is 42.5 Å². The molecule has 2 atom stereocenters. The molecule has 3 aliphatic heterocycles. The molecule has 3 aliphatic rings. The summed E-state index contributed by atoms with van der Waals surface area (Å²) in [4.78, 5) is 31.7. The third kappa shape index (κ3) is 7.08. The molecule has 1 amide bonds. The summed E-state index contributed by atoms with van der Waals surface area (Å²) >= 11 is 0. The Hall–Kier alpha value is -5.33. The van der Waals surface area contributed by atoms with Gasteiger partial charge in [0.25, 0.3) is 5.91 Å². The number of likely N-dealkylation sites (tertiary alicyclic amines) is 1. The molecular formula is C32H36FN11O3. The number of rotatable bonds is 9. The molecule has 2 aromatic carbocycles. The van der Waals surface area contributed by atoms with E-state index in [2.05, 4.69) is 48.3 Å². The zero-order valence-corrected chi connectivity index (χ0v) is 25.7. The van der Waals surface area contributed by atoms with Crippen molar-refractivity contribution in [3.63, 3.8) is 0 Å². The Labute approximate surface area is 271 Å². The summed E-state index contributed by atoms with van der Waals surface area (Å²) in [5.41, 5.74) is 13.5. The van der Waals surface area contributed by atoms with Gasteiger partial charge in [0, 0.05) is 62.3 Å². The second-order valence-electron chi connectivity index (χ2n) is 11.6. The summed E-state index contributed by atoms with van der Waals surface area (Å²) in [6, 6.07) is 15.7. The third-order valence-corrected chi connectivity index (χ3v) is 8.61. The van der Waals surface area contributed by atoms with Crippen LogP contribution in [0.25, 0.3) is 11.4 Å². The van der Waals surface area contributed by atoms with Crippen LogP contribution in [0.3, 0.4) is 0 Å². The molecule has 1 aromatic heterocycles. The number of aromatic nitrogens is 3. The van der Waals surface area contributed by atoms with Gasteiger partial charge in [0.2, 0.25) is 5.95 Å². The van der Waals surface area contributed by atoms with Crippen molar-refractivity contribution in [2.45, 2.75) is 24.7 Å². The van der Waals surface area contributed by atoms with E-state index in [4.69, 9.17) is 26.4 Å². The number of nitrogens with one attached hydrogen (secondary N) is 2. The van der Waals surface area contributed by atoms with Gasteiger partial charge in [-0.25, -0.2) is 14.4 Å². The van der Waals surface area contributed by atoms with Gasteiger partial charge in [-0.1, -0.05) is 0 Å². The number of alkyl halides is 1. The second-order valence-corrected chi connectivity index (χ2v) is 11.6. The van der Waals surface area contributed by atoms with Crippen LogP contribution in [0.15, 0.2) is 60.2 Å². The number of nitrogens with zero attached hydrogens (tertiary/aromatic N) is 7. The zero-order valence-electron chi connectivity index (χ0n) is 25.7. The van der Waals surface area contributed by atoms with Crippen LogP contribution < -0.4 is 26.4 Å². The summed E-state index contributed by atoms with van der Waals surface area (Å²) in [6.45, 7) is 5.59. The van der Waals surface area contributed by atoms with E-state index in [9.17, 15) is 10.1 Å². The highest BCUT2D eigenvalue weighted by atomic mass is 19.1. The van der Waals surface area contributed by atoms with Crippen LogP contribution in [0.2, 0.25) is 0 Å². The number of carbonyl (C=O) groups is 1. The predicted octanol–water partition coefficient (Wildman–Crippen LogP) is 1.77. The Kier molecular flexibility index (Phi) is 9.41. The fraction of sp³-hybridized carbons (Fsp3) is 0.375. The number of hydrogen-bond acceptors (Lipinski definition) is 13. The van der Waals surface area contributed by atoms with Crippen molar-refractivity contribution in [3.05, 3.63) is 65.7 Å². The fourth-order valence-corrected chi connectivity index (χ4v) is 5.75. The Bertz CT molecular complexity index is 1680. The molecule has 6 N–H and O–H groups in total. The van der Waals surface area contributed by atoms with Gasteiger partial charge in [-0.3, -0.25) is 9.69 Å². The number of hydrogen-bond donors (Lipinski definition) is 4. The number of ether oxygens (including phenoxy) is 2. The number of allylic oxidation sites excluding steroid dienone is 1. The van der Waals surface area contributed by atoms with Crippen LogP contribution in [0, 0.1) is 16.7 Å². The number of piperazine rings is 1. The maximum Gasteiger partial charge on any atom is 0.272 e. The Morgan fingerprint density at radius 3 is 2.53 bits per heavy atom. The molecule has 3 saturated heterocycles. The maximum atomic E-state index is 15.1. The molecular weight excluding hydrogens is 605 g/mol. The number of piperidine rings is 1. The minimum atomic E-state index is -1.53. The van der Waals surface area contributed by atoms with Crippen molar-refractivity contribution in [2.24, 2.45) is 11.5 Å². The van der Waals surface area contributed by atoms with Crippen LogP contribution in [0.5, 0.6) is 5.75 Å². The van der Waals surface area contributed by atoms with Crippen molar-refractivity contribution in [3.8, 4) is 23.2 Å². The number of anilines is 3. The average Bonchev–Trinajstić information content (AvgIpc) is 3.08. The first kappa shape index (κ1) is 31.6. The molecule has 6 rings (SSSR count). The second kappa shape index (κ2) is 14.0. The SMILES string of the molecule is N#Cc1cc(-c2ncnc(Nc3ccc(N4CCN(C5COC5)CC4)cc3)n2)ccc1OC1CCN(C(=O)/C(N)=C(\N)C=N)CC1F. The molecule has 3 fully saturated rings. The number of carbonyl (C=O) groups excluding carboxylic acids is 1. The quantitative estimate of drug-likeness (QED) is 0.196. The van der Waals surface area contributed by atoms with Crippen molar-refractivity contribution in [1.82, 2.24) is 24.8 Å². The maximum absolute atomic E-state index is 15.1. The van der Waals surface area contributed by atoms with Crippen LogP contribution in [0.4, 0.5) is 21.7 Å². The summed E-state index contributed by atoms with van der Waals surface area (Å²) in [5.74, 6) is 0.267. The van der Waals surface area contributed by atoms with Crippen LogP contribution in [-0.4, -0.2) is 108 Å².